The number of para-hydroxylation sites is 1. The van der Waals surface area contributed by atoms with Crippen LogP contribution in [0.4, 0.5) is 5.95 Å². The maximum Gasteiger partial charge on any atom is 0.270 e. The maximum absolute atomic E-state index is 12.9. The zero-order valence-electron chi connectivity index (χ0n) is 19.3. The first-order chi connectivity index (χ1) is 16.8. The number of carbonyl (C=O) groups is 1. The number of rotatable bonds is 8. The Hall–Kier alpha value is -4.02. The molecule has 0 saturated heterocycles. The van der Waals surface area contributed by atoms with Crippen molar-refractivity contribution < 1.29 is 13.2 Å². The Bertz CT molecular complexity index is 1550. The van der Waals surface area contributed by atoms with Gasteiger partial charge < -0.3 is 0 Å². The summed E-state index contributed by atoms with van der Waals surface area (Å²) in [6, 6.07) is 20.4. The summed E-state index contributed by atoms with van der Waals surface area (Å²) in [7, 11) is -3.85. The predicted octanol–water partition coefficient (Wildman–Crippen LogP) is 2.96. The summed E-state index contributed by atoms with van der Waals surface area (Å²) in [4.78, 5) is 30.1. The van der Waals surface area contributed by atoms with E-state index in [2.05, 4.69) is 20.6 Å². The van der Waals surface area contributed by atoms with Gasteiger partial charge in [0.15, 0.2) is 0 Å². The normalized spacial score (nSPS) is 11.4. The molecule has 35 heavy (non-hydrogen) atoms. The molecule has 0 spiro atoms. The van der Waals surface area contributed by atoms with E-state index in [1.807, 2.05) is 30.3 Å². The Morgan fingerprint density at radius 2 is 1.71 bits per heavy atom. The van der Waals surface area contributed by atoms with Crippen molar-refractivity contribution in [2.75, 3.05) is 5.43 Å². The molecule has 0 atom stereocenters. The zero-order chi connectivity index (χ0) is 25.0. The number of anilines is 1. The topological polar surface area (TPSA) is 122 Å². The molecule has 0 bridgehead atoms. The van der Waals surface area contributed by atoms with E-state index >= 15 is 0 Å². The Kier molecular flexibility index (Phi) is 6.94. The lowest BCUT2D eigenvalue weighted by Crippen LogP contribution is -2.34. The van der Waals surface area contributed by atoms with E-state index < -0.39 is 15.9 Å². The first-order valence-corrected chi connectivity index (χ1v) is 12.5. The Morgan fingerprint density at radius 3 is 2.46 bits per heavy atom. The van der Waals surface area contributed by atoms with Crippen LogP contribution in [0.1, 0.15) is 28.4 Å². The molecule has 3 N–H and O–H groups in total. The van der Waals surface area contributed by atoms with Crippen molar-refractivity contribution >= 4 is 32.8 Å². The molecule has 0 aliphatic rings. The van der Waals surface area contributed by atoms with Crippen LogP contribution in [0.15, 0.2) is 82.5 Å². The van der Waals surface area contributed by atoms with Crippen molar-refractivity contribution in [1.29, 1.82) is 0 Å². The fraction of sp³-hybridized carbons (Fsp3) is 0.160. The van der Waals surface area contributed by atoms with E-state index in [1.165, 1.54) is 16.7 Å². The third-order valence-electron chi connectivity index (χ3n) is 5.54. The molecule has 0 saturated carbocycles. The predicted molar refractivity (Wildman–Crippen MR) is 134 cm³/mol. The van der Waals surface area contributed by atoms with E-state index in [4.69, 9.17) is 0 Å². The number of benzene rings is 3. The summed E-state index contributed by atoms with van der Waals surface area (Å²) in [6.45, 7) is 3.97. The van der Waals surface area contributed by atoms with E-state index in [0.29, 0.717) is 23.0 Å². The third-order valence-corrected chi connectivity index (χ3v) is 6.94. The summed E-state index contributed by atoms with van der Waals surface area (Å²) >= 11 is 0. The number of aryl methyl sites for hydroxylation is 1. The Labute approximate surface area is 202 Å². The number of sulfonamides is 1. The van der Waals surface area contributed by atoms with Crippen molar-refractivity contribution in [3.05, 3.63) is 99.8 Å². The van der Waals surface area contributed by atoms with Gasteiger partial charge in [0.25, 0.3) is 11.5 Å². The average molecular weight is 492 g/mol. The van der Waals surface area contributed by atoms with Crippen LogP contribution in [0.25, 0.3) is 10.9 Å². The second-order valence-electron chi connectivity index (χ2n) is 7.87. The van der Waals surface area contributed by atoms with Gasteiger partial charge in [-0.3, -0.25) is 25.0 Å². The molecule has 0 unspecified atom stereocenters. The number of hydrazine groups is 1. The monoisotopic (exact) mass is 491 g/mol. The van der Waals surface area contributed by atoms with Crippen LogP contribution in [0.5, 0.6) is 0 Å². The average Bonchev–Trinajstić information content (AvgIpc) is 2.87. The highest BCUT2D eigenvalue weighted by Gasteiger charge is 2.19. The van der Waals surface area contributed by atoms with E-state index in [-0.39, 0.29) is 28.5 Å². The first kappa shape index (κ1) is 24.1. The molecule has 1 heterocycles. The molecule has 9 nitrogen and oxygen atoms in total. The molecule has 4 aromatic rings. The van der Waals surface area contributed by atoms with E-state index in [9.17, 15) is 18.0 Å². The van der Waals surface area contributed by atoms with Crippen LogP contribution in [0.2, 0.25) is 0 Å². The van der Waals surface area contributed by atoms with Gasteiger partial charge in [-0.2, -0.15) is 0 Å². The van der Waals surface area contributed by atoms with Gasteiger partial charge in [-0.15, -0.1) is 0 Å². The molecular formula is C25H25N5O4S. The van der Waals surface area contributed by atoms with Crippen LogP contribution in [0, 0.1) is 6.92 Å². The number of carbonyl (C=O) groups excluding carboxylic acids is 1. The molecule has 10 heteroatoms. The van der Waals surface area contributed by atoms with Gasteiger partial charge in [-0.05, 0) is 49.2 Å². The lowest BCUT2D eigenvalue weighted by atomic mass is 10.1. The molecule has 0 aliphatic heterocycles. The maximum atomic E-state index is 12.9. The molecule has 3 aromatic carbocycles. The molecule has 0 fully saturated rings. The van der Waals surface area contributed by atoms with Crippen LogP contribution in [-0.2, 0) is 23.1 Å². The summed E-state index contributed by atoms with van der Waals surface area (Å²) < 4.78 is 29.6. The van der Waals surface area contributed by atoms with Crippen LogP contribution >= 0.6 is 0 Å². The highest BCUT2D eigenvalue weighted by atomic mass is 32.2. The quantitative estimate of drug-likeness (QED) is 0.326. The highest BCUT2D eigenvalue weighted by molar-refractivity contribution is 7.89. The van der Waals surface area contributed by atoms with Crippen molar-refractivity contribution in [3.63, 3.8) is 0 Å². The van der Waals surface area contributed by atoms with Crippen LogP contribution in [-0.4, -0.2) is 23.9 Å². The third kappa shape index (κ3) is 5.23. The lowest BCUT2D eigenvalue weighted by Gasteiger charge is -2.15. The summed E-state index contributed by atoms with van der Waals surface area (Å²) in [6.07, 6.45) is 0. The molecule has 180 valence electrons. The first-order valence-electron chi connectivity index (χ1n) is 11.0. The van der Waals surface area contributed by atoms with Crippen molar-refractivity contribution in [1.82, 2.24) is 19.7 Å². The van der Waals surface area contributed by atoms with Gasteiger partial charge in [-0.1, -0.05) is 48.5 Å². The molecule has 0 radical (unpaired) electrons. The SMILES string of the molecule is CCn1c(NNC(=O)c2cc(S(=O)(=O)NCc3ccccc3)ccc2C)nc2ccccc2c1=O. The Morgan fingerprint density at radius 1 is 1.00 bits per heavy atom. The number of hydrogen-bond acceptors (Lipinski definition) is 6. The number of nitrogens with zero attached hydrogens (tertiary/aromatic N) is 2. The van der Waals surface area contributed by atoms with Crippen LogP contribution < -0.4 is 21.1 Å². The smallest absolute Gasteiger partial charge is 0.270 e. The fourth-order valence-electron chi connectivity index (χ4n) is 3.61. The van der Waals surface area contributed by atoms with Crippen molar-refractivity contribution in [3.8, 4) is 0 Å². The van der Waals surface area contributed by atoms with Gasteiger partial charge in [0, 0.05) is 18.7 Å². The van der Waals surface area contributed by atoms with E-state index in [0.717, 1.165) is 5.56 Å². The van der Waals surface area contributed by atoms with Crippen molar-refractivity contribution in [2.45, 2.75) is 31.8 Å². The molecule has 0 aliphatic carbocycles. The number of amides is 1. The highest BCUT2D eigenvalue weighted by Crippen LogP contribution is 2.17. The molecular weight excluding hydrogens is 466 g/mol. The zero-order valence-corrected chi connectivity index (χ0v) is 20.1. The minimum atomic E-state index is -3.85. The second kappa shape index (κ2) is 10.1. The van der Waals surface area contributed by atoms with Crippen molar-refractivity contribution in [2.24, 2.45) is 0 Å². The lowest BCUT2D eigenvalue weighted by molar-refractivity contribution is 0.0961. The number of hydrogen-bond donors (Lipinski definition) is 3. The van der Waals surface area contributed by atoms with Gasteiger partial charge in [0.2, 0.25) is 16.0 Å². The van der Waals surface area contributed by atoms with Gasteiger partial charge in [0.05, 0.1) is 15.8 Å². The minimum absolute atomic E-state index is 0.0292. The van der Waals surface area contributed by atoms with Crippen LogP contribution in [0.3, 0.4) is 0 Å². The number of aromatic nitrogens is 2. The fourth-order valence-corrected chi connectivity index (χ4v) is 4.65. The summed E-state index contributed by atoms with van der Waals surface area (Å²) in [5.41, 5.74) is 7.08. The standard InChI is InChI=1S/C25H25N5O4S/c1-3-30-24(32)20-11-7-8-12-22(20)27-25(30)29-28-23(31)21-15-19(14-13-17(21)2)35(33,34)26-16-18-9-5-4-6-10-18/h4-15,26H,3,16H2,1-2H3,(H,27,29)(H,28,31). The van der Waals surface area contributed by atoms with E-state index in [1.54, 1.807) is 44.2 Å². The second-order valence-corrected chi connectivity index (χ2v) is 9.63. The minimum Gasteiger partial charge on any atom is -0.277 e. The molecule has 1 amide bonds. The van der Waals surface area contributed by atoms with Gasteiger partial charge in [-0.25, -0.2) is 18.1 Å². The van der Waals surface area contributed by atoms with Gasteiger partial charge >= 0.3 is 0 Å². The number of fused-ring (bicyclic) bond motifs is 1. The Balaban J connectivity index is 1.54. The van der Waals surface area contributed by atoms with Gasteiger partial charge in [0.1, 0.15) is 0 Å². The molecule has 1 aromatic heterocycles. The summed E-state index contributed by atoms with van der Waals surface area (Å²) in [5, 5.41) is 0.475. The molecule has 4 rings (SSSR count). The summed E-state index contributed by atoms with van der Waals surface area (Å²) in [5.74, 6) is -0.386. The largest absolute Gasteiger partial charge is 0.277 e. The number of nitrogens with one attached hydrogen (secondary N) is 3.